The van der Waals surface area contributed by atoms with Gasteiger partial charge in [0.25, 0.3) is 0 Å². The molecule has 36 valence electrons. The van der Waals surface area contributed by atoms with Gasteiger partial charge in [-0.05, 0) is 0 Å². The van der Waals surface area contributed by atoms with Gasteiger partial charge in [0.15, 0.2) is 6.29 Å². The van der Waals surface area contributed by atoms with E-state index in [0.717, 1.165) is 6.29 Å². The summed E-state index contributed by atoms with van der Waals surface area (Å²) in [6.45, 7) is 0. The lowest BCUT2D eigenvalue weighted by Gasteiger charge is -1.75. The third kappa shape index (κ3) is 0.738. The van der Waals surface area contributed by atoms with Gasteiger partial charge < -0.3 is 0 Å². The second-order valence-corrected chi connectivity index (χ2v) is 1.33. The van der Waals surface area contributed by atoms with Gasteiger partial charge in [-0.2, -0.15) is 0 Å². The molecule has 0 saturated heterocycles. The van der Waals surface area contributed by atoms with Gasteiger partial charge >= 0.3 is 0 Å². The first-order valence-electron chi connectivity index (χ1n) is 2.10. The van der Waals surface area contributed by atoms with Gasteiger partial charge in [0.05, 0.1) is 5.71 Å². The summed E-state index contributed by atoms with van der Waals surface area (Å²) in [5, 5.41) is 0. The van der Waals surface area contributed by atoms with Crippen LogP contribution >= 0.6 is 0 Å². The molecule has 0 aromatic carbocycles. The highest BCUT2D eigenvalue weighted by Gasteiger charge is 1.94. The monoisotopic (exact) mass is 95.0 g/mol. The summed E-state index contributed by atoms with van der Waals surface area (Å²) >= 11 is 0. The number of hydrogen-bond acceptors (Lipinski definition) is 2. The van der Waals surface area contributed by atoms with Crippen molar-refractivity contribution < 1.29 is 4.79 Å². The number of aliphatic imine (C=N–C) groups is 1. The average molecular weight is 95.1 g/mol. The zero-order chi connectivity index (χ0) is 5.11. The van der Waals surface area contributed by atoms with Gasteiger partial charge in [-0.3, -0.25) is 9.79 Å². The minimum atomic E-state index is 0.625. The van der Waals surface area contributed by atoms with E-state index in [2.05, 4.69) is 4.99 Å². The number of allylic oxidation sites excluding steroid dienone is 1. The van der Waals surface area contributed by atoms with Crippen molar-refractivity contribution in [3.05, 3.63) is 12.3 Å². The molecule has 0 bridgehead atoms. The van der Waals surface area contributed by atoms with Crippen LogP contribution < -0.4 is 0 Å². The maximum atomic E-state index is 9.84. The van der Waals surface area contributed by atoms with Gasteiger partial charge in [0, 0.05) is 12.6 Å². The molecule has 0 amide bonds. The predicted octanol–water partition coefficient (Wildman–Crippen LogP) is 0.544. The van der Waals surface area contributed by atoms with Crippen LogP contribution in [0.1, 0.15) is 6.42 Å². The highest BCUT2D eigenvalue weighted by molar-refractivity contribution is 6.29. The molecule has 2 heteroatoms. The highest BCUT2D eigenvalue weighted by atomic mass is 16.1. The second kappa shape index (κ2) is 1.69. The Labute approximate surface area is 41.6 Å². The van der Waals surface area contributed by atoms with E-state index in [4.69, 9.17) is 0 Å². The van der Waals surface area contributed by atoms with Crippen molar-refractivity contribution in [2.45, 2.75) is 6.42 Å². The van der Waals surface area contributed by atoms with Crippen LogP contribution in [0.5, 0.6) is 0 Å². The average Bonchev–Trinajstić information content (AvgIpc) is 2.14. The fourth-order valence-electron chi connectivity index (χ4n) is 0.453. The molecule has 0 aliphatic carbocycles. The highest BCUT2D eigenvalue weighted by Crippen LogP contribution is 1.95. The summed E-state index contributed by atoms with van der Waals surface area (Å²) in [5.41, 5.74) is 0.625. The van der Waals surface area contributed by atoms with Crippen LogP contribution in [0.3, 0.4) is 0 Å². The first-order chi connectivity index (χ1) is 3.43. The molecule has 0 aromatic heterocycles. The minimum absolute atomic E-state index is 0.625. The summed E-state index contributed by atoms with van der Waals surface area (Å²) in [7, 11) is 0. The maximum Gasteiger partial charge on any atom is 0.164 e. The van der Waals surface area contributed by atoms with Crippen LogP contribution in [0.25, 0.3) is 0 Å². The topological polar surface area (TPSA) is 29.4 Å². The van der Waals surface area contributed by atoms with Crippen LogP contribution in [-0.2, 0) is 4.79 Å². The number of rotatable bonds is 1. The zero-order valence-corrected chi connectivity index (χ0v) is 3.79. The van der Waals surface area contributed by atoms with Crippen LogP contribution in [-0.4, -0.2) is 12.0 Å². The molecule has 0 radical (unpaired) electrons. The Bertz CT molecular complexity index is 135. The van der Waals surface area contributed by atoms with Crippen LogP contribution in [0.2, 0.25) is 0 Å². The van der Waals surface area contributed by atoms with E-state index >= 15 is 0 Å². The maximum absolute atomic E-state index is 9.84. The molecular weight excluding hydrogens is 90.1 g/mol. The lowest BCUT2D eigenvalue weighted by atomic mass is 10.3. The van der Waals surface area contributed by atoms with Gasteiger partial charge in [0.2, 0.25) is 0 Å². The first-order valence-corrected chi connectivity index (χ1v) is 2.10. The molecule has 7 heavy (non-hydrogen) atoms. The van der Waals surface area contributed by atoms with E-state index in [-0.39, 0.29) is 0 Å². The van der Waals surface area contributed by atoms with Crippen molar-refractivity contribution in [2.24, 2.45) is 4.99 Å². The SMILES string of the molecule is O=CC1=NC=CC1. The van der Waals surface area contributed by atoms with Crippen LogP contribution in [0, 0.1) is 0 Å². The fourth-order valence-corrected chi connectivity index (χ4v) is 0.453. The standard InChI is InChI=1S/C5H5NO/c7-4-5-2-1-3-6-5/h1,3-4H,2H2. The Morgan fingerprint density at radius 3 is 3.00 bits per heavy atom. The van der Waals surface area contributed by atoms with Crippen molar-refractivity contribution >= 4 is 12.0 Å². The normalized spacial score (nSPS) is 16.9. The van der Waals surface area contributed by atoms with E-state index < -0.39 is 0 Å². The smallest absolute Gasteiger partial charge is 0.164 e. The van der Waals surface area contributed by atoms with E-state index in [1.807, 2.05) is 6.08 Å². The molecule has 0 unspecified atom stereocenters. The van der Waals surface area contributed by atoms with Crippen molar-refractivity contribution in [3.8, 4) is 0 Å². The van der Waals surface area contributed by atoms with Crippen LogP contribution in [0.15, 0.2) is 17.3 Å². The molecule has 2 nitrogen and oxygen atoms in total. The van der Waals surface area contributed by atoms with Crippen molar-refractivity contribution in [3.63, 3.8) is 0 Å². The lowest BCUT2D eigenvalue weighted by molar-refractivity contribution is -0.102. The van der Waals surface area contributed by atoms with E-state index in [9.17, 15) is 4.79 Å². The Hall–Kier alpha value is -0.920. The Morgan fingerprint density at radius 1 is 1.86 bits per heavy atom. The molecule has 1 aliphatic rings. The first kappa shape index (κ1) is 4.24. The third-order valence-corrected chi connectivity index (χ3v) is 0.809. The quantitative estimate of drug-likeness (QED) is 0.437. The molecule has 1 heterocycles. The summed E-state index contributed by atoms with van der Waals surface area (Å²) in [6.07, 6.45) is 4.98. The predicted molar refractivity (Wildman–Crippen MR) is 27.3 cm³/mol. The summed E-state index contributed by atoms with van der Waals surface area (Å²) in [4.78, 5) is 13.6. The van der Waals surface area contributed by atoms with Crippen LogP contribution in [0.4, 0.5) is 0 Å². The molecule has 0 spiro atoms. The second-order valence-electron chi connectivity index (χ2n) is 1.33. The molecular formula is C5H5NO. The largest absolute Gasteiger partial charge is 0.297 e. The fraction of sp³-hybridized carbons (Fsp3) is 0.200. The molecule has 1 rings (SSSR count). The molecule has 0 aromatic rings. The van der Waals surface area contributed by atoms with Gasteiger partial charge in [0.1, 0.15) is 0 Å². The van der Waals surface area contributed by atoms with E-state index in [1.54, 1.807) is 6.20 Å². The lowest BCUT2D eigenvalue weighted by Crippen LogP contribution is -1.91. The molecule has 1 aliphatic heterocycles. The third-order valence-electron chi connectivity index (χ3n) is 0.809. The van der Waals surface area contributed by atoms with E-state index in [0.29, 0.717) is 12.1 Å². The number of aldehydes is 1. The summed E-state index contributed by atoms with van der Waals surface area (Å²) in [6, 6.07) is 0. The van der Waals surface area contributed by atoms with Gasteiger partial charge in [-0.15, -0.1) is 0 Å². The van der Waals surface area contributed by atoms with Crippen molar-refractivity contribution in [2.75, 3.05) is 0 Å². The summed E-state index contributed by atoms with van der Waals surface area (Å²) in [5.74, 6) is 0. The molecule has 0 N–H and O–H groups in total. The minimum Gasteiger partial charge on any atom is -0.297 e. The number of hydrogen-bond donors (Lipinski definition) is 0. The van der Waals surface area contributed by atoms with Gasteiger partial charge in [-0.1, -0.05) is 6.08 Å². The zero-order valence-electron chi connectivity index (χ0n) is 3.79. The van der Waals surface area contributed by atoms with Crippen molar-refractivity contribution in [1.82, 2.24) is 0 Å². The van der Waals surface area contributed by atoms with E-state index in [1.165, 1.54) is 0 Å². The Kier molecular flexibility index (Phi) is 1.02. The van der Waals surface area contributed by atoms with Gasteiger partial charge in [-0.25, -0.2) is 0 Å². The Morgan fingerprint density at radius 2 is 2.71 bits per heavy atom. The molecule has 0 saturated carbocycles. The number of carbonyl (C=O) groups excluding carboxylic acids is 1. The molecule has 0 fully saturated rings. The Balaban J connectivity index is 2.61. The number of nitrogens with zero attached hydrogens (tertiary/aromatic N) is 1. The van der Waals surface area contributed by atoms with Crippen molar-refractivity contribution in [1.29, 1.82) is 0 Å². The molecule has 0 atom stereocenters. The number of carbonyl (C=O) groups is 1. The summed E-state index contributed by atoms with van der Waals surface area (Å²) < 4.78 is 0.